The Morgan fingerprint density at radius 3 is 2.44 bits per heavy atom. The van der Waals surface area contributed by atoms with Gasteiger partial charge in [-0.05, 0) is 63.2 Å². The molecule has 1 heterocycles. The van der Waals surface area contributed by atoms with Gasteiger partial charge in [-0.1, -0.05) is 30.7 Å². The van der Waals surface area contributed by atoms with Crippen LogP contribution in [0.15, 0.2) is 48.5 Å². The maximum Gasteiger partial charge on any atom is 0.227 e. The molecule has 1 aromatic heterocycles. The Labute approximate surface area is 206 Å². The fourth-order valence-electron chi connectivity index (χ4n) is 3.77. The highest BCUT2D eigenvalue weighted by molar-refractivity contribution is 6.30. The molecule has 0 aliphatic heterocycles. The predicted molar refractivity (Wildman–Crippen MR) is 134 cm³/mol. The maximum absolute atomic E-state index is 10.5. The summed E-state index contributed by atoms with van der Waals surface area (Å²) in [6, 6.07) is 15.0. The molecule has 0 radical (unpaired) electrons. The van der Waals surface area contributed by atoms with Gasteiger partial charge < -0.3 is 19.3 Å². The van der Waals surface area contributed by atoms with Crippen molar-refractivity contribution >= 4 is 11.6 Å². The van der Waals surface area contributed by atoms with Gasteiger partial charge in [0.05, 0.1) is 36.8 Å². The summed E-state index contributed by atoms with van der Waals surface area (Å²) in [5.41, 5.74) is 2.63. The lowest BCUT2D eigenvalue weighted by molar-refractivity contribution is 0.0195. The molecule has 0 aliphatic carbocycles. The molecule has 1 atom stereocenters. The number of aromatic nitrogens is 2. The van der Waals surface area contributed by atoms with E-state index in [2.05, 4.69) is 11.8 Å². The summed E-state index contributed by atoms with van der Waals surface area (Å²) < 4.78 is 19.1. The first-order chi connectivity index (χ1) is 16.5. The number of benzene rings is 2. The first-order valence-corrected chi connectivity index (χ1v) is 12.0. The largest absolute Gasteiger partial charge is 0.493 e. The second-order valence-electron chi connectivity index (χ2n) is 8.06. The number of halogens is 1. The zero-order valence-electron chi connectivity index (χ0n) is 20.3. The van der Waals surface area contributed by atoms with E-state index in [0.29, 0.717) is 48.7 Å². The van der Waals surface area contributed by atoms with Gasteiger partial charge in [-0.3, -0.25) is 4.90 Å². The predicted octanol–water partition coefficient (Wildman–Crippen LogP) is 5.24. The quantitative estimate of drug-likeness (QED) is 0.355. The number of nitrogens with zero attached hydrogens (tertiary/aromatic N) is 3. The van der Waals surface area contributed by atoms with Crippen molar-refractivity contribution in [1.29, 1.82) is 0 Å². The molecule has 2 aromatic carbocycles. The third kappa shape index (κ3) is 6.73. The number of hydrogen-bond acceptors (Lipinski definition) is 6. The number of aliphatic hydroxyl groups excluding tert-OH is 1. The smallest absolute Gasteiger partial charge is 0.227 e. The highest BCUT2D eigenvalue weighted by Crippen LogP contribution is 2.36. The minimum Gasteiger partial charge on any atom is -0.493 e. The molecule has 184 valence electrons. The minimum absolute atomic E-state index is 0.310. The molecule has 0 fully saturated rings. The molecule has 0 saturated carbocycles. The lowest BCUT2D eigenvalue weighted by Gasteiger charge is -2.25. The number of para-hydroxylation sites is 2. The molecular formula is C26H34ClN3O4. The number of hydrogen-bond donors (Lipinski definition) is 1. The van der Waals surface area contributed by atoms with E-state index in [1.807, 2.05) is 62.4 Å². The van der Waals surface area contributed by atoms with Crippen LogP contribution in [-0.2, 0) is 11.3 Å². The van der Waals surface area contributed by atoms with E-state index >= 15 is 0 Å². The van der Waals surface area contributed by atoms with Gasteiger partial charge in [-0.25, -0.2) is 4.68 Å². The number of aliphatic hydroxyl groups is 1. The van der Waals surface area contributed by atoms with E-state index in [0.717, 1.165) is 29.9 Å². The Bertz CT molecular complexity index is 1040. The summed E-state index contributed by atoms with van der Waals surface area (Å²) in [4.78, 5) is 2.20. The van der Waals surface area contributed by atoms with Crippen LogP contribution in [0.4, 0.5) is 0 Å². The molecule has 7 nitrogen and oxygen atoms in total. The highest BCUT2D eigenvalue weighted by atomic mass is 35.5. The van der Waals surface area contributed by atoms with Crippen LogP contribution < -0.4 is 9.47 Å². The molecule has 3 rings (SSSR count). The topological polar surface area (TPSA) is 69.0 Å². The third-order valence-electron chi connectivity index (χ3n) is 5.39. The Kier molecular flexibility index (Phi) is 9.77. The maximum atomic E-state index is 10.5. The summed E-state index contributed by atoms with van der Waals surface area (Å²) in [5, 5.41) is 15.9. The molecule has 3 aromatic rings. The minimum atomic E-state index is -0.572. The number of ether oxygens (including phenoxy) is 3. The van der Waals surface area contributed by atoms with Crippen LogP contribution in [0.3, 0.4) is 0 Å². The molecule has 0 unspecified atom stereocenters. The molecule has 34 heavy (non-hydrogen) atoms. The highest BCUT2D eigenvalue weighted by Gasteiger charge is 2.23. The van der Waals surface area contributed by atoms with E-state index in [4.69, 9.17) is 30.9 Å². The fourth-order valence-corrected chi connectivity index (χ4v) is 3.90. The Morgan fingerprint density at radius 1 is 1.09 bits per heavy atom. The van der Waals surface area contributed by atoms with Crippen LogP contribution in [0.5, 0.6) is 17.4 Å². The van der Waals surface area contributed by atoms with Gasteiger partial charge in [-0.2, -0.15) is 5.10 Å². The number of rotatable bonds is 13. The van der Waals surface area contributed by atoms with Crippen molar-refractivity contribution in [3.8, 4) is 23.1 Å². The standard InChI is InChI=1S/C26H34ClN3O4/c1-5-15-29(16-22(31)18-33-6-2)17-23-19(3)28-30(21-13-11-20(27)12-14-21)26(23)34-25-10-8-7-9-24(25)32-4/h7-14,22,31H,5-6,15-18H2,1-4H3/t22-/m0/s1. The molecule has 0 amide bonds. The zero-order valence-corrected chi connectivity index (χ0v) is 21.1. The van der Waals surface area contributed by atoms with Gasteiger partial charge in [0.15, 0.2) is 11.5 Å². The molecule has 0 aliphatic rings. The molecule has 0 spiro atoms. The molecular weight excluding hydrogens is 454 g/mol. The van der Waals surface area contributed by atoms with Gasteiger partial charge in [-0.15, -0.1) is 0 Å². The van der Waals surface area contributed by atoms with Gasteiger partial charge in [0.25, 0.3) is 0 Å². The van der Waals surface area contributed by atoms with Gasteiger partial charge in [0, 0.05) is 24.7 Å². The summed E-state index contributed by atoms with van der Waals surface area (Å²) in [7, 11) is 1.62. The first-order valence-electron chi connectivity index (χ1n) is 11.6. The summed E-state index contributed by atoms with van der Waals surface area (Å²) in [5.74, 6) is 1.83. The lowest BCUT2D eigenvalue weighted by Crippen LogP contribution is -2.35. The van der Waals surface area contributed by atoms with Crippen molar-refractivity contribution < 1.29 is 19.3 Å². The monoisotopic (exact) mass is 487 g/mol. The van der Waals surface area contributed by atoms with Crippen LogP contribution >= 0.6 is 11.6 Å². The summed E-state index contributed by atoms with van der Waals surface area (Å²) in [6.07, 6.45) is 0.380. The van der Waals surface area contributed by atoms with Gasteiger partial charge in [0.1, 0.15) is 0 Å². The Morgan fingerprint density at radius 2 is 1.79 bits per heavy atom. The van der Waals surface area contributed by atoms with Crippen molar-refractivity contribution in [3.63, 3.8) is 0 Å². The van der Waals surface area contributed by atoms with Crippen LogP contribution in [0, 0.1) is 6.92 Å². The van der Waals surface area contributed by atoms with Crippen LogP contribution in [0.25, 0.3) is 5.69 Å². The average Bonchev–Trinajstić information content (AvgIpc) is 3.13. The van der Waals surface area contributed by atoms with E-state index in [-0.39, 0.29) is 0 Å². The van der Waals surface area contributed by atoms with E-state index in [9.17, 15) is 5.11 Å². The lowest BCUT2D eigenvalue weighted by atomic mass is 10.2. The molecule has 8 heteroatoms. The van der Waals surface area contributed by atoms with Crippen molar-refractivity contribution in [2.75, 3.05) is 33.4 Å². The average molecular weight is 488 g/mol. The van der Waals surface area contributed by atoms with Crippen LogP contribution in [0.1, 0.15) is 31.5 Å². The molecule has 0 bridgehead atoms. The number of methoxy groups -OCH3 is 1. The number of aryl methyl sites for hydroxylation is 1. The van der Waals surface area contributed by atoms with Crippen molar-refractivity contribution in [2.45, 2.75) is 39.8 Å². The van der Waals surface area contributed by atoms with Crippen LogP contribution in [-0.4, -0.2) is 59.3 Å². The van der Waals surface area contributed by atoms with Crippen LogP contribution in [0.2, 0.25) is 5.02 Å². The zero-order chi connectivity index (χ0) is 24.5. The van der Waals surface area contributed by atoms with E-state index in [1.54, 1.807) is 11.8 Å². The van der Waals surface area contributed by atoms with Crippen molar-refractivity contribution in [1.82, 2.24) is 14.7 Å². The Balaban J connectivity index is 2.00. The van der Waals surface area contributed by atoms with E-state index < -0.39 is 6.10 Å². The first kappa shape index (κ1) is 26.0. The molecule has 1 N–H and O–H groups in total. The van der Waals surface area contributed by atoms with Crippen molar-refractivity contribution in [3.05, 3.63) is 64.8 Å². The molecule has 0 saturated heterocycles. The fraction of sp³-hybridized carbons (Fsp3) is 0.423. The summed E-state index contributed by atoms with van der Waals surface area (Å²) >= 11 is 6.11. The normalized spacial score (nSPS) is 12.2. The summed E-state index contributed by atoms with van der Waals surface area (Å²) in [6.45, 7) is 8.79. The van der Waals surface area contributed by atoms with Gasteiger partial charge >= 0.3 is 0 Å². The van der Waals surface area contributed by atoms with Gasteiger partial charge in [0.2, 0.25) is 5.88 Å². The second kappa shape index (κ2) is 12.8. The van der Waals surface area contributed by atoms with E-state index in [1.165, 1.54) is 0 Å². The third-order valence-corrected chi connectivity index (χ3v) is 5.64. The Hall–Kier alpha value is -2.58. The second-order valence-corrected chi connectivity index (χ2v) is 8.50. The SMILES string of the molecule is CCCN(Cc1c(C)nn(-c2ccc(Cl)cc2)c1Oc1ccccc1OC)C[C@H](O)COCC. The van der Waals surface area contributed by atoms with Crippen molar-refractivity contribution in [2.24, 2.45) is 0 Å².